The van der Waals surface area contributed by atoms with E-state index in [0.29, 0.717) is 17.7 Å². The lowest BCUT2D eigenvalue weighted by Gasteiger charge is -2.15. The third-order valence-electron chi connectivity index (χ3n) is 4.39. The Hall–Kier alpha value is -2.80. The van der Waals surface area contributed by atoms with Gasteiger partial charge >= 0.3 is 0 Å². The van der Waals surface area contributed by atoms with Crippen LogP contribution in [0.4, 0.5) is 5.69 Å². The first kappa shape index (κ1) is 20.9. The highest BCUT2D eigenvalue weighted by Gasteiger charge is 2.20. The van der Waals surface area contributed by atoms with Gasteiger partial charge in [0.25, 0.3) is 5.22 Å². The maximum Gasteiger partial charge on any atom is 0.277 e. The van der Waals surface area contributed by atoms with Crippen LogP contribution in [-0.4, -0.2) is 28.0 Å². The Morgan fingerprint density at radius 2 is 1.79 bits per heavy atom. The minimum Gasteiger partial charge on any atom is -0.494 e. The zero-order valence-corrected chi connectivity index (χ0v) is 18.1. The number of carbonyl (C=O) groups excluding carboxylic acids is 1. The monoisotopic (exact) mass is 411 g/mol. The number of nitrogens with one attached hydrogen (secondary N) is 1. The normalized spacial score (nSPS) is 11.9. The number of hydrogen-bond donors (Lipinski definition) is 1. The Bertz CT molecular complexity index is 976. The van der Waals surface area contributed by atoms with Crippen LogP contribution in [0.1, 0.15) is 30.5 Å². The summed E-state index contributed by atoms with van der Waals surface area (Å²) in [5.74, 6) is 1.09. The fourth-order valence-electron chi connectivity index (χ4n) is 3.04. The Morgan fingerprint density at radius 1 is 1.14 bits per heavy atom. The number of benzene rings is 2. The van der Waals surface area contributed by atoms with E-state index < -0.39 is 0 Å². The molecule has 1 amide bonds. The third-order valence-corrected chi connectivity index (χ3v) is 5.33. The molecule has 0 saturated heterocycles. The summed E-state index contributed by atoms with van der Waals surface area (Å²) >= 11 is 1.24. The summed E-state index contributed by atoms with van der Waals surface area (Å²) in [4.78, 5) is 12.6. The molecule has 0 bridgehead atoms. The fourth-order valence-corrected chi connectivity index (χ4v) is 3.72. The number of aromatic nitrogens is 2. The summed E-state index contributed by atoms with van der Waals surface area (Å²) in [5, 5.41) is 11.1. The Kier molecular flexibility index (Phi) is 6.59. The molecule has 0 spiro atoms. The van der Waals surface area contributed by atoms with Gasteiger partial charge in [-0.1, -0.05) is 29.5 Å². The number of thioether (sulfide) groups is 1. The number of ether oxygens (including phenoxy) is 1. The van der Waals surface area contributed by atoms with Crippen molar-refractivity contribution in [3.05, 3.63) is 53.1 Å². The minimum atomic E-state index is -0.385. The molecule has 0 unspecified atom stereocenters. The van der Waals surface area contributed by atoms with Gasteiger partial charge in [-0.25, -0.2) is 0 Å². The summed E-state index contributed by atoms with van der Waals surface area (Å²) in [6, 6.07) is 11.6. The first-order valence-corrected chi connectivity index (χ1v) is 10.4. The summed E-state index contributed by atoms with van der Waals surface area (Å²) in [7, 11) is 0. The molecule has 0 aliphatic rings. The maximum absolute atomic E-state index is 12.6. The predicted molar refractivity (Wildman–Crippen MR) is 116 cm³/mol. The largest absolute Gasteiger partial charge is 0.494 e. The lowest BCUT2D eigenvalue weighted by atomic mass is 10.1. The van der Waals surface area contributed by atoms with Gasteiger partial charge in [-0.15, -0.1) is 10.2 Å². The van der Waals surface area contributed by atoms with Crippen molar-refractivity contribution in [2.45, 2.75) is 45.1 Å². The quantitative estimate of drug-likeness (QED) is 0.540. The van der Waals surface area contributed by atoms with Gasteiger partial charge in [-0.05, 0) is 70.0 Å². The fraction of sp³-hybridized carbons (Fsp3) is 0.318. The van der Waals surface area contributed by atoms with Crippen molar-refractivity contribution in [2.75, 3.05) is 11.9 Å². The second-order valence-electron chi connectivity index (χ2n) is 6.85. The summed E-state index contributed by atoms with van der Waals surface area (Å²) in [6.45, 7) is 10.4. The SMILES string of the molecule is CCOc1ccc(-c2nnc(S[C@H](C)C(=O)Nc3c(C)cc(C)cc3C)o2)cc1. The van der Waals surface area contributed by atoms with E-state index in [-0.39, 0.29) is 11.2 Å². The maximum atomic E-state index is 12.6. The molecule has 1 aromatic heterocycles. The van der Waals surface area contributed by atoms with E-state index in [1.165, 1.54) is 17.3 Å². The van der Waals surface area contributed by atoms with Crippen LogP contribution < -0.4 is 10.1 Å². The highest BCUT2D eigenvalue weighted by atomic mass is 32.2. The predicted octanol–water partition coefficient (Wildman–Crippen LogP) is 5.18. The molecule has 0 radical (unpaired) electrons. The van der Waals surface area contributed by atoms with Crippen LogP contribution >= 0.6 is 11.8 Å². The molecule has 6 nitrogen and oxygen atoms in total. The van der Waals surface area contributed by atoms with E-state index in [4.69, 9.17) is 9.15 Å². The Balaban J connectivity index is 1.65. The average molecular weight is 412 g/mol. The topological polar surface area (TPSA) is 77.2 Å². The average Bonchev–Trinajstić information content (AvgIpc) is 3.13. The number of aryl methyl sites for hydroxylation is 3. The van der Waals surface area contributed by atoms with Crippen molar-refractivity contribution in [1.82, 2.24) is 10.2 Å². The molecular formula is C22H25N3O3S. The highest BCUT2D eigenvalue weighted by molar-refractivity contribution is 8.00. The molecular weight excluding hydrogens is 386 g/mol. The lowest BCUT2D eigenvalue weighted by Crippen LogP contribution is -2.23. The van der Waals surface area contributed by atoms with E-state index in [9.17, 15) is 4.79 Å². The van der Waals surface area contributed by atoms with Gasteiger partial charge in [0.2, 0.25) is 11.8 Å². The van der Waals surface area contributed by atoms with Crippen molar-refractivity contribution in [3.8, 4) is 17.2 Å². The molecule has 3 aromatic rings. The smallest absolute Gasteiger partial charge is 0.277 e. The van der Waals surface area contributed by atoms with E-state index in [1.807, 2.05) is 58.9 Å². The molecule has 1 heterocycles. The molecule has 0 aliphatic heterocycles. The van der Waals surface area contributed by atoms with E-state index in [2.05, 4.69) is 27.6 Å². The van der Waals surface area contributed by atoms with Crippen molar-refractivity contribution < 1.29 is 13.9 Å². The van der Waals surface area contributed by atoms with E-state index >= 15 is 0 Å². The van der Waals surface area contributed by atoms with Crippen LogP contribution in [0, 0.1) is 20.8 Å². The molecule has 29 heavy (non-hydrogen) atoms. The first-order chi connectivity index (χ1) is 13.9. The molecule has 0 fully saturated rings. The van der Waals surface area contributed by atoms with Crippen LogP contribution in [0.3, 0.4) is 0 Å². The second-order valence-corrected chi connectivity index (χ2v) is 8.15. The molecule has 3 rings (SSSR count). The number of anilines is 1. The number of hydrogen-bond acceptors (Lipinski definition) is 6. The van der Waals surface area contributed by atoms with Crippen LogP contribution in [0.25, 0.3) is 11.5 Å². The van der Waals surface area contributed by atoms with Gasteiger partial charge in [-0.2, -0.15) is 0 Å². The van der Waals surface area contributed by atoms with Crippen LogP contribution in [0.2, 0.25) is 0 Å². The molecule has 0 aliphatic carbocycles. The zero-order valence-electron chi connectivity index (χ0n) is 17.3. The molecule has 7 heteroatoms. The second kappa shape index (κ2) is 9.13. The zero-order chi connectivity index (χ0) is 21.0. The van der Waals surface area contributed by atoms with Gasteiger partial charge < -0.3 is 14.5 Å². The summed E-state index contributed by atoms with van der Waals surface area (Å²) in [6.07, 6.45) is 0. The molecule has 2 aromatic carbocycles. The van der Waals surface area contributed by atoms with Gasteiger partial charge in [0.15, 0.2) is 0 Å². The van der Waals surface area contributed by atoms with Crippen molar-refractivity contribution >= 4 is 23.4 Å². The van der Waals surface area contributed by atoms with Crippen molar-refractivity contribution in [3.63, 3.8) is 0 Å². The van der Waals surface area contributed by atoms with Gasteiger partial charge in [0.05, 0.1) is 11.9 Å². The van der Waals surface area contributed by atoms with Crippen LogP contribution in [0.15, 0.2) is 46.0 Å². The lowest BCUT2D eigenvalue weighted by molar-refractivity contribution is -0.115. The Morgan fingerprint density at radius 3 is 2.41 bits per heavy atom. The Labute approximate surface area is 175 Å². The number of nitrogens with zero attached hydrogens (tertiary/aromatic N) is 2. The molecule has 1 N–H and O–H groups in total. The molecule has 1 atom stereocenters. The minimum absolute atomic E-state index is 0.106. The highest BCUT2D eigenvalue weighted by Crippen LogP contribution is 2.29. The van der Waals surface area contributed by atoms with Gasteiger partial charge in [0, 0.05) is 11.3 Å². The third kappa shape index (κ3) is 5.17. The van der Waals surface area contributed by atoms with E-state index in [1.54, 1.807) is 0 Å². The summed E-state index contributed by atoms with van der Waals surface area (Å²) in [5.41, 5.74) is 4.92. The van der Waals surface area contributed by atoms with Gasteiger partial charge in [-0.3, -0.25) is 4.79 Å². The van der Waals surface area contributed by atoms with Crippen LogP contribution in [0.5, 0.6) is 5.75 Å². The first-order valence-electron chi connectivity index (χ1n) is 9.49. The van der Waals surface area contributed by atoms with Crippen LogP contribution in [-0.2, 0) is 4.79 Å². The summed E-state index contributed by atoms with van der Waals surface area (Å²) < 4.78 is 11.2. The van der Waals surface area contributed by atoms with Gasteiger partial charge in [0.1, 0.15) is 5.75 Å². The van der Waals surface area contributed by atoms with Crippen molar-refractivity contribution in [2.24, 2.45) is 0 Å². The van der Waals surface area contributed by atoms with Crippen molar-refractivity contribution in [1.29, 1.82) is 0 Å². The van der Waals surface area contributed by atoms with E-state index in [0.717, 1.165) is 28.1 Å². The number of carbonyl (C=O) groups is 1. The molecule has 0 saturated carbocycles. The number of rotatable bonds is 7. The number of amides is 1. The molecule has 152 valence electrons. The standard InChI is InChI=1S/C22H25N3O3S/c1-6-27-18-9-7-17(8-10-18)21-24-25-22(28-21)29-16(5)20(26)23-19-14(3)11-13(2)12-15(19)4/h7-12,16H,6H2,1-5H3,(H,23,26)/t16-/m1/s1.